The monoisotopic (exact) mass is 198 g/mol. The van der Waals surface area contributed by atoms with Crippen molar-refractivity contribution in [2.24, 2.45) is 0 Å². The first-order valence-corrected chi connectivity index (χ1v) is 5.49. The minimum atomic E-state index is 0.0954. The van der Waals surface area contributed by atoms with Crippen LogP contribution in [0.15, 0.2) is 0 Å². The van der Waals surface area contributed by atoms with Gasteiger partial charge in [0, 0.05) is 19.7 Å². The fourth-order valence-corrected chi connectivity index (χ4v) is 2.04. The molecule has 2 aliphatic heterocycles. The molecule has 1 unspecified atom stereocenters. The number of hydrogen-bond acceptors (Lipinski definition) is 2. The average molecular weight is 198 g/mol. The van der Waals surface area contributed by atoms with Gasteiger partial charge in [0.05, 0.1) is 12.6 Å². The van der Waals surface area contributed by atoms with Crippen molar-refractivity contribution in [3.8, 4) is 0 Å². The van der Waals surface area contributed by atoms with Crippen molar-refractivity contribution in [3.63, 3.8) is 0 Å². The topological polar surface area (TPSA) is 41.6 Å². The summed E-state index contributed by atoms with van der Waals surface area (Å²) in [6, 6.07) is 0.329. The van der Waals surface area contributed by atoms with Crippen LogP contribution in [0.5, 0.6) is 0 Å². The standard InChI is InChI=1S/C10H18N2O2/c13-10(12-5-1-2-6-12)11-9-4-3-7-14-8-9/h9H,1-8H2,(H,11,13). The van der Waals surface area contributed by atoms with Gasteiger partial charge in [0.1, 0.15) is 0 Å². The lowest BCUT2D eigenvalue weighted by atomic mass is 10.1. The highest BCUT2D eigenvalue weighted by Crippen LogP contribution is 2.10. The van der Waals surface area contributed by atoms with Gasteiger partial charge in [-0.25, -0.2) is 4.79 Å². The molecule has 0 aromatic rings. The van der Waals surface area contributed by atoms with Crippen LogP contribution < -0.4 is 5.32 Å². The first-order chi connectivity index (χ1) is 6.86. The zero-order valence-corrected chi connectivity index (χ0v) is 8.50. The number of hydrogen-bond donors (Lipinski definition) is 1. The summed E-state index contributed by atoms with van der Waals surface area (Å²) < 4.78 is 5.31. The lowest BCUT2D eigenvalue weighted by Crippen LogP contribution is -2.46. The Morgan fingerprint density at radius 1 is 1.29 bits per heavy atom. The highest BCUT2D eigenvalue weighted by Gasteiger charge is 2.21. The average Bonchev–Trinajstić information content (AvgIpc) is 2.72. The van der Waals surface area contributed by atoms with Crippen LogP contribution in [-0.2, 0) is 4.74 Å². The van der Waals surface area contributed by atoms with Crippen molar-refractivity contribution >= 4 is 6.03 Å². The van der Waals surface area contributed by atoms with Crippen molar-refractivity contribution in [2.75, 3.05) is 26.3 Å². The smallest absolute Gasteiger partial charge is 0.317 e. The van der Waals surface area contributed by atoms with Gasteiger partial charge in [-0.1, -0.05) is 0 Å². The quantitative estimate of drug-likeness (QED) is 0.682. The summed E-state index contributed by atoms with van der Waals surface area (Å²) in [6.45, 7) is 3.36. The van der Waals surface area contributed by atoms with Gasteiger partial charge in [0.2, 0.25) is 0 Å². The molecule has 0 radical (unpaired) electrons. The van der Waals surface area contributed by atoms with Crippen molar-refractivity contribution in [1.82, 2.24) is 10.2 Å². The van der Waals surface area contributed by atoms with Gasteiger partial charge in [-0.2, -0.15) is 0 Å². The van der Waals surface area contributed by atoms with E-state index in [1.165, 1.54) is 0 Å². The van der Waals surface area contributed by atoms with E-state index in [9.17, 15) is 4.79 Å². The molecule has 2 rings (SSSR count). The second kappa shape index (κ2) is 4.64. The molecule has 4 heteroatoms. The molecule has 2 saturated heterocycles. The fraction of sp³-hybridized carbons (Fsp3) is 0.900. The molecule has 0 saturated carbocycles. The summed E-state index contributed by atoms with van der Waals surface area (Å²) in [4.78, 5) is 13.6. The number of nitrogens with one attached hydrogen (secondary N) is 1. The maximum atomic E-state index is 11.7. The summed E-state index contributed by atoms with van der Waals surface area (Å²) in [7, 11) is 0. The van der Waals surface area contributed by atoms with Gasteiger partial charge in [-0.05, 0) is 25.7 Å². The molecule has 0 aromatic heterocycles. The van der Waals surface area contributed by atoms with Crippen LogP contribution in [-0.4, -0.2) is 43.3 Å². The van der Waals surface area contributed by atoms with Gasteiger partial charge in [-0.3, -0.25) is 0 Å². The lowest BCUT2D eigenvalue weighted by Gasteiger charge is -2.25. The van der Waals surface area contributed by atoms with E-state index >= 15 is 0 Å². The number of urea groups is 1. The Balaban J connectivity index is 1.75. The number of carbonyl (C=O) groups excluding carboxylic acids is 1. The Morgan fingerprint density at radius 3 is 2.71 bits per heavy atom. The predicted octanol–water partition coefficient (Wildman–Crippen LogP) is 0.971. The summed E-state index contributed by atoms with van der Waals surface area (Å²) in [5.74, 6) is 0. The van der Waals surface area contributed by atoms with Gasteiger partial charge in [0.25, 0.3) is 0 Å². The van der Waals surface area contributed by atoms with Crippen LogP contribution in [0.1, 0.15) is 25.7 Å². The van der Waals surface area contributed by atoms with E-state index < -0.39 is 0 Å². The van der Waals surface area contributed by atoms with Crippen LogP contribution in [0, 0.1) is 0 Å². The Hall–Kier alpha value is -0.770. The second-order valence-corrected chi connectivity index (χ2v) is 4.06. The largest absolute Gasteiger partial charge is 0.379 e. The number of nitrogens with zero attached hydrogens (tertiary/aromatic N) is 1. The van der Waals surface area contributed by atoms with Gasteiger partial charge in [-0.15, -0.1) is 0 Å². The van der Waals surface area contributed by atoms with E-state index in [1.54, 1.807) is 0 Å². The molecule has 80 valence electrons. The van der Waals surface area contributed by atoms with E-state index in [0.29, 0.717) is 6.61 Å². The third kappa shape index (κ3) is 2.38. The van der Waals surface area contributed by atoms with Gasteiger partial charge < -0.3 is 15.0 Å². The SMILES string of the molecule is O=C(NC1CCCOC1)N1CCCC1. The van der Waals surface area contributed by atoms with Gasteiger partial charge >= 0.3 is 6.03 Å². The predicted molar refractivity (Wildman–Crippen MR) is 53.2 cm³/mol. The second-order valence-electron chi connectivity index (χ2n) is 4.06. The van der Waals surface area contributed by atoms with E-state index in [1.807, 2.05) is 4.90 Å². The van der Waals surface area contributed by atoms with Crippen LogP contribution in [0.25, 0.3) is 0 Å². The molecule has 1 atom stereocenters. The van der Waals surface area contributed by atoms with Gasteiger partial charge in [0.15, 0.2) is 0 Å². The molecule has 0 aromatic carbocycles. The molecular formula is C10H18N2O2. The van der Waals surface area contributed by atoms with Crippen LogP contribution in [0.3, 0.4) is 0 Å². The highest BCUT2D eigenvalue weighted by molar-refractivity contribution is 5.74. The number of likely N-dealkylation sites (tertiary alicyclic amines) is 1. The summed E-state index contributed by atoms with van der Waals surface area (Å²) in [5.41, 5.74) is 0. The summed E-state index contributed by atoms with van der Waals surface area (Å²) in [5, 5.41) is 3.02. The zero-order valence-electron chi connectivity index (χ0n) is 8.50. The van der Waals surface area contributed by atoms with Crippen molar-refractivity contribution in [2.45, 2.75) is 31.7 Å². The maximum Gasteiger partial charge on any atom is 0.317 e. The van der Waals surface area contributed by atoms with E-state index in [-0.39, 0.29) is 12.1 Å². The molecule has 0 bridgehead atoms. The molecule has 2 fully saturated rings. The molecule has 2 amide bonds. The van der Waals surface area contributed by atoms with Crippen molar-refractivity contribution < 1.29 is 9.53 Å². The molecule has 14 heavy (non-hydrogen) atoms. The molecule has 2 aliphatic rings. The van der Waals surface area contributed by atoms with E-state index in [0.717, 1.165) is 45.4 Å². The van der Waals surface area contributed by atoms with Crippen molar-refractivity contribution in [3.05, 3.63) is 0 Å². The molecule has 0 aliphatic carbocycles. The van der Waals surface area contributed by atoms with Crippen LogP contribution in [0.4, 0.5) is 4.79 Å². The number of ether oxygens (including phenoxy) is 1. The molecular weight excluding hydrogens is 180 g/mol. The lowest BCUT2D eigenvalue weighted by molar-refractivity contribution is 0.0712. The normalized spacial score (nSPS) is 27.7. The highest BCUT2D eigenvalue weighted by atomic mass is 16.5. The Morgan fingerprint density at radius 2 is 2.07 bits per heavy atom. The van der Waals surface area contributed by atoms with Crippen LogP contribution in [0.2, 0.25) is 0 Å². The molecule has 2 heterocycles. The zero-order chi connectivity index (χ0) is 9.80. The first-order valence-electron chi connectivity index (χ1n) is 5.49. The molecule has 0 spiro atoms. The maximum absolute atomic E-state index is 11.7. The Kier molecular flexibility index (Phi) is 3.24. The van der Waals surface area contributed by atoms with E-state index in [4.69, 9.17) is 4.74 Å². The minimum absolute atomic E-state index is 0.0954. The van der Waals surface area contributed by atoms with E-state index in [2.05, 4.69) is 5.32 Å². The Bertz CT molecular complexity index is 196. The van der Waals surface area contributed by atoms with Crippen molar-refractivity contribution in [1.29, 1.82) is 0 Å². The third-order valence-electron chi connectivity index (χ3n) is 2.88. The number of carbonyl (C=O) groups is 1. The fourth-order valence-electron chi connectivity index (χ4n) is 2.04. The van der Waals surface area contributed by atoms with Crippen LogP contribution >= 0.6 is 0 Å². The summed E-state index contributed by atoms with van der Waals surface area (Å²) in [6.07, 6.45) is 4.41. The molecule has 4 nitrogen and oxygen atoms in total. The number of rotatable bonds is 1. The Labute approximate surface area is 84.6 Å². The minimum Gasteiger partial charge on any atom is -0.379 e. The summed E-state index contributed by atoms with van der Waals surface area (Å²) >= 11 is 0. The number of amides is 2. The molecule has 1 N–H and O–H groups in total. The third-order valence-corrected chi connectivity index (χ3v) is 2.88. The first kappa shape index (κ1) is 9.77.